The van der Waals surface area contributed by atoms with Gasteiger partial charge in [0.1, 0.15) is 0 Å². The second-order valence-electron chi connectivity index (χ2n) is 6.02. The fourth-order valence-electron chi connectivity index (χ4n) is 2.43. The van der Waals surface area contributed by atoms with Gasteiger partial charge < -0.3 is 15.6 Å². The van der Waals surface area contributed by atoms with Gasteiger partial charge in [-0.15, -0.1) is 21.5 Å². The number of halogens is 2. The van der Waals surface area contributed by atoms with Gasteiger partial charge in [0, 0.05) is 18.0 Å². The van der Waals surface area contributed by atoms with Crippen LogP contribution in [0.2, 0.25) is 10.0 Å². The number of carbonyl (C=O) groups excluding carboxylic acids is 2. The van der Waals surface area contributed by atoms with Crippen LogP contribution in [-0.4, -0.2) is 31.8 Å². The molecule has 0 saturated carbocycles. The molecule has 2 amide bonds. The summed E-state index contributed by atoms with van der Waals surface area (Å²) in [5.74, 6) is -0.0521. The SMILES string of the molecule is CC(Sc1nnc(-c2cccs2)n1CCC(N)=O)C(=O)Nc1cc(Cl)ccc1Cl. The average Bonchev–Trinajstić information content (AvgIpc) is 3.32. The van der Waals surface area contributed by atoms with Gasteiger partial charge in [0.15, 0.2) is 11.0 Å². The lowest BCUT2D eigenvalue weighted by Crippen LogP contribution is -2.23. The zero-order valence-electron chi connectivity index (χ0n) is 15.3. The smallest absolute Gasteiger partial charge is 0.237 e. The number of thiophene rings is 1. The Bertz CT molecular complexity index is 1020. The molecule has 1 unspecified atom stereocenters. The number of hydrogen-bond donors (Lipinski definition) is 2. The van der Waals surface area contributed by atoms with Crippen molar-refractivity contribution in [1.29, 1.82) is 0 Å². The van der Waals surface area contributed by atoms with E-state index in [9.17, 15) is 9.59 Å². The van der Waals surface area contributed by atoms with Crippen molar-refractivity contribution < 1.29 is 9.59 Å². The van der Waals surface area contributed by atoms with E-state index in [1.807, 2.05) is 17.5 Å². The maximum Gasteiger partial charge on any atom is 0.237 e. The van der Waals surface area contributed by atoms with Crippen LogP contribution >= 0.6 is 46.3 Å². The first-order chi connectivity index (χ1) is 13.8. The van der Waals surface area contributed by atoms with Crippen LogP contribution in [0.4, 0.5) is 5.69 Å². The number of nitrogens with two attached hydrogens (primary N) is 1. The molecule has 11 heteroatoms. The number of carbonyl (C=O) groups is 2. The van der Waals surface area contributed by atoms with Crippen molar-refractivity contribution in [3.05, 3.63) is 45.8 Å². The Balaban J connectivity index is 1.78. The van der Waals surface area contributed by atoms with Crippen molar-refractivity contribution in [2.45, 2.75) is 30.3 Å². The summed E-state index contributed by atoms with van der Waals surface area (Å²) in [6, 6.07) is 8.67. The van der Waals surface area contributed by atoms with Gasteiger partial charge in [0.2, 0.25) is 11.8 Å². The van der Waals surface area contributed by atoms with Crippen LogP contribution in [0.5, 0.6) is 0 Å². The molecule has 0 radical (unpaired) electrons. The van der Waals surface area contributed by atoms with E-state index < -0.39 is 11.2 Å². The Kier molecular flexibility index (Phi) is 7.18. The van der Waals surface area contributed by atoms with Crippen molar-refractivity contribution in [2.24, 2.45) is 5.73 Å². The third-order valence-corrected chi connectivity index (χ3v) is 6.39. The predicted octanol–water partition coefficient (Wildman–Crippen LogP) is 4.31. The molecule has 152 valence electrons. The zero-order valence-corrected chi connectivity index (χ0v) is 18.4. The number of thioether (sulfide) groups is 1. The van der Waals surface area contributed by atoms with Gasteiger partial charge in [-0.2, -0.15) is 0 Å². The highest BCUT2D eigenvalue weighted by atomic mass is 35.5. The molecule has 2 heterocycles. The molecule has 1 aromatic carbocycles. The van der Waals surface area contributed by atoms with Crippen molar-refractivity contribution in [1.82, 2.24) is 14.8 Å². The normalized spacial score (nSPS) is 12.0. The van der Waals surface area contributed by atoms with Crippen LogP contribution in [0.15, 0.2) is 40.9 Å². The summed E-state index contributed by atoms with van der Waals surface area (Å²) in [7, 11) is 0. The fourth-order valence-corrected chi connectivity index (χ4v) is 4.36. The number of rotatable bonds is 8. The number of nitrogens with zero attached hydrogens (tertiary/aromatic N) is 3. The van der Waals surface area contributed by atoms with Crippen molar-refractivity contribution in [2.75, 3.05) is 5.32 Å². The average molecular weight is 470 g/mol. The van der Waals surface area contributed by atoms with E-state index in [0.29, 0.717) is 33.3 Å². The summed E-state index contributed by atoms with van der Waals surface area (Å²) < 4.78 is 1.80. The van der Waals surface area contributed by atoms with Gasteiger partial charge in [-0.3, -0.25) is 9.59 Å². The van der Waals surface area contributed by atoms with E-state index in [1.165, 1.54) is 23.1 Å². The summed E-state index contributed by atoms with van der Waals surface area (Å²) in [5.41, 5.74) is 5.74. The molecular weight excluding hydrogens is 453 g/mol. The molecule has 3 N–H and O–H groups in total. The van der Waals surface area contributed by atoms with Crippen molar-refractivity contribution in [3.63, 3.8) is 0 Å². The molecule has 0 saturated heterocycles. The first-order valence-corrected chi connectivity index (χ1v) is 11.0. The summed E-state index contributed by atoms with van der Waals surface area (Å²) >= 11 is 14.8. The number of anilines is 1. The zero-order chi connectivity index (χ0) is 21.0. The van der Waals surface area contributed by atoms with Crippen LogP contribution in [0, 0.1) is 0 Å². The first kappa shape index (κ1) is 21.6. The number of amides is 2. The van der Waals surface area contributed by atoms with Crippen molar-refractivity contribution >= 4 is 63.8 Å². The molecule has 0 spiro atoms. The van der Waals surface area contributed by atoms with E-state index in [1.54, 1.807) is 29.7 Å². The van der Waals surface area contributed by atoms with Crippen LogP contribution in [-0.2, 0) is 16.1 Å². The molecule has 2 aromatic heterocycles. The maximum absolute atomic E-state index is 12.6. The van der Waals surface area contributed by atoms with E-state index in [2.05, 4.69) is 15.5 Å². The molecule has 3 rings (SSSR count). The minimum absolute atomic E-state index is 0.142. The number of nitrogens with one attached hydrogen (secondary N) is 1. The molecule has 0 aliphatic carbocycles. The van der Waals surface area contributed by atoms with Crippen LogP contribution in [0.3, 0.4) is 0 Å². The highest BCUT2D eigenvalue weighted by molar-refractivity contribution is 8.00. The second-order valence-corrected chi connectivity index (χ2v) is 9.12. The Morgan fingerprint density at radius 1 is 1.31 bits per heavy atom. The van der Waals surface area contributed by atoms with Gasteiger partial charge in [0.25, 0.3) is 0 Å². The third kappa shape index (κ3) is 5.51. The Morgan fingerprint density at radius 2 is 2.10 bits per heavy atom. The second kappa shape index (κ2) is 9.62. The molecule has 29 heavy (non-hydrogen) atoms. The number of hydrogen-bond acceptors (Lipinski definition) is 6. The molecular formula is C18H17Cl2N5O2S2. The highest BCUT2D eigenvalue weighted by Gasteiger charge is 2.22. The van der Waals surface area contributed by atoms with Gasteiger partial charge in [-0.05, 0) is 36.6 Å². The van der Waals surface area contributed by atoms with E-state index in [4.69, 9.17) is 28.9 Å². The summed E-state index contributed by atoms with van der Waals surface area (Å²) in [6.07, 6.45) is 0.142. The molecule has 0 bridgehead atoms. The predicted molar refractivity (Wildman–Crippen MR) is 118 cm³/mol. The lowest BCUT2D eigenvalue weighted by atomic mass is 10.3. The lowest BCUT2D eigenvalue weighted by Gasteiger charge is -2.14. The van der Waals surface area contributed by atoms with Crippen LogP contribution in [0.25, 0.3) is 10.7 Å². The third-order valence-electron chi connectivity index (χ3n) is 3.88. The quantitative estimate of drug-likeness (QED) is 0.478. The maximum atomic E-state index is 12.6. The van der Waals surface area contributed by atoms with Gasteiger partial charge >= 0.3 is 0 Å². The summed E-state index contributed by atoms with van der Waals surface area (Å²) in [4.78, 5) is 24.8. The molecule has 0 aliphatic rings. The number of benzene rings is 1. The van der Waals surface area contributed by atoms with Crippen LogP contribution in [0.1, 0.15) is 13.3 Å². The minimum atomic E-state index is -0.502. The minimum Gasteiger partial charge on any atom is -0.370 e. The Hall–Kier alpha value is -2.07. The van der Waals surface area contributed by atoms with E-state index >= 15 is 0 Å². The Labute approximate surface area is 185 Å². The molecule has 0 aliphatic heterocycles. The first-order valence-electron chi connectivity index (χ1n) is 8.53. The molecule has 7 nitrogen and oxygen atoms in total. The highest BCUT2D eigenvalue weighted by Crippen LogP contribution is 2.31. The van der Waals surface area contributed by atoms with Gasteiger partial charge in [0.05, 0.1) is 20.8 Å². The topological polar surface area (TPSA) is 103 Å². The monoisotopic (exact) mass is 469 g/mol. The van der Waals surface area contributed by atoms with E-state index in [-0.39, 0.29) is 12.3 Å². The molecule has 3 aromatic rings. The van der Waals surface area contributed by atoms with Gasteiger partial charge in [-0.25, -0.2) is 0 Å². The fraction of sp³-hybridized carbons (Fsp3) is 0.222. The molecule has 1 atom stereocenters. The van der Waals surface area contributed by atoms with Gasteiger partial charge in [-0.1, -0.05) is 41.0 Å². The standard InChI is InChI=1S/C18H17Cl2N5O2S2/c1-10(17(27)22-13-9-11(19)4-5-12(13)20)29-18-24-23-16(14-3-2-8-28-14)25(18)7-6-15(21)26/h2-5,8-10H,6-7H2,1H3,(H2,21,26)(H,22,27). The number of aromatic nitrogens is 3. The molecule has 0 fully saturated rings. The Morgan fingerprint density at radius 3 is 2.79 bits per heavy atom. The summed E-state index contributed by atoms with van der Waals surface area (Å²) in [6.45, 7) is 2.07. The van der Waals surface area contributed by atoms with Crippen LogP contribution < -0.4 is 11.1 Å². The summed E-state index contributed by atoms with van der Waals surface area (Å²) in [5, 5.41) is 14.0. The van der Waals surface area contributed by atoms with Crippen molar-refractivity contribution in [3.8, 4) is 10.7 Å². The largest absolute Gasteiger partial charge is 0.370 e. The number of primary amides is 1. The van der Waals surface area contributed by atoms with E-state index in [0.717, 1.165) is 4.88 Å². The lowest BCUT2D eigenvalue weighted by molar-refractivity contribution is -0.118.